The number of nitriles is 1. The van der Waals surface area contributed by atoms with E-state index >= 15 is 0 Å². The van der Waals surface area contributed by atoms with Gasteiger partial charge >= 0.3 is 0 Å². The first-order chi connectivity index (χ1) is 10.6. The molecule has 108 valence electrons. The third-order valence-corrected chi connectivity index (χ3v) is 3.55. The van der Waals surface area contributed by atoms with E-state index in [1.165, 1.54) is 12.1 Å². The maximum absolute atomic E-state index is 10.4. The molecule has 2 aromatic carbocycles. The van der Waals surface area contributed by atoms with Crippen LogP contribution in [0.25, 0.3) is 22.4 Å². The molecule has 0 amide bonds. The lowest BCUT2D eigenvalue weighted by Gasteiger charge is -2.04. The van der Waals surface area contributed by atoms with Gasteiger partial charge in [0.05, 0.1) is 11.0 Å². The first-order valence-corrected chi connectivity index (χ1v) is 7.09. The molecule has 2 N–H and O–H groups in total. The number of imidazole rings is 1. The smallest absolute Gasteiger partial charge is 0.153 e. The highest BCUT2D eigenvalue weighted by atomic mass is 35.5. The number of hydrogen-bond acceptors (Lipinski definition) is 3. The Balaban J connectivity index is 2.18. The summed E-state index contributed by atoms with van der Waals surface area (Å²) in [6, 6.07) is 13.9. The van der Waals surface area contributed by atoms with Crippen molar-refractivity contribution >= 4 is 45.6 Å². The number of fused-ring (bicyclic) bond motifs is 1. The van der Waals surface area contributed by atoms with E-state index in [4.69, 9.17) is 23.2 Å². The van der Waals surface area contributed by atoms with Crippen LogP contribution in [0, 0.1) is 11.3 Å². The number of allylic oxidation sites excluding steroid dienone is 1. The number of halogens is 2. The molecule has 22 heavy (non-hydrogen) atoms. The second-order valence-electron chi connectivity index (χ2n) is 4.60. The van der Waals surface area contributed by atoms with Crippen molar-refractivity contribution in [2.45, 2.75) is 0 Å². The molecule has 0 unspecified atom stereocenters. The van der Waals surface area contributed by atoms with Crippen LogP contribution < -0.4 is 0 Å². The molecule has 0 saturated heterocycles. The van der Waals surface area contributed by atoms with Crippen LogP contribution in [-0.4, -0.2) is 15.1 Å². The summed E-state index contributed by atoms with van der Waals surface area (Å²) in [7, 11) is 0. The maximum atomic E-state index is 10.4. The number of nitrogens with zero attached hydrogens (tertiary/aromatic N) is 2. The summed E-state index contributed by atoms with van der Waals surface area (Å²) < 4.78 is 0. The highest BCUT2D eigenvalue weighted by molar-refractivity contribution is 6.34. The van der Waals surface area contributed by atoms with Crippen molar-refractivity contribution in [1.82, 2.24) is 9.97 Å². The minimum atomic E-state index is -0.231. The molecule has 4 nitrogen and oxygen atoms in total. The van der Waals surface area contributed by atoms with E-state index in [1.54, 1.807) is 6.07 Å². The molecule has 3 rings (SSSR count). The van der Waals surface area contributed by atoms with Gasteiger partial charge in [-0.15, -0.1) is 0 Å². The SMILES string of the molecule is N#CC(=C(O)c1cc(Cl)cc(Cl)c1)c1nc2ccccc2[nH]1. The van der Waals surface area contributed by atoms with Crippen LogP contribution in [-0.2, 0) is 0 Å². The molecule has 0 atom stereocenters. The van der Waals surface area contributed by atoms with Gasteiger partial charge in [0.1, 0.15) is 17.4 Å². The van der Waals surface area contributed by atoms with Crippen LogP contribution in [0.2, 0.25) is 10.0 Å². The zero-order chi connectivity index (χ0) is 15.7. The van der Waals surface area contributed by atoms with E-state index in [0.29, 0.717) is 21.1 Å². The van der Waals surface area contributed by atoms with Gasteiger partial charge in [-0.25, -0.2) is 4.98 Å². The van der Waals surface area contributed by atoms with Crippen molar-refractivity contribution in [3.8, 4) is 6.07 Å². The molecule has 0 spiro atoms. The first kappa shape index (κ1) is 14.5. The second-order valence-corrected chi connectivity index (χ2v) is 5.47. The number of H-pyrrole nitrogens is 1. The highest BCUT2D eigenvalue weighted by Gasteiger charge is 2.15. The zero-order valence-electron chi connectivity index (χ0n) is 11.1. The van der Waals surface area contributed by atoms with Gasteiger partial charge in [-0.05, 0) is 30.3 Å². The summed E-state index contributed by atoms with van der Waals surface area (Å²) in [5.41, 5.74) is 1.87. The monoisotopic (exact) mass is 329 g/mol. The Labute approximate surface area is 136 Å². The van der Waals surface area contributed by atoms with Gasteiger partial charge < -0.3 is 10.1 Å². The van der Waals surface area contributed by atoms with Crippen molar-refractivity contribution in [3.63, 3.8) is 0 Å². The van der Waals surface area contributed by atoms with Crippen molar-refractivity contribution in [2.75, 3.05) is 0 Å². The number of hydrogen-bond donors (Lipinski definition) is 2. The normalized spacial score (nSPS) is 12.0. The highest BCUT2D eigenvalue weighted by Crippen LogP contribution is 2.28. The molecule has 1 heterocycles. The van der Waals surface area contributed by atoms with Gasteiger partial charge in [-0.2, -0.15) is 5.26 Å². The van der Waals surface area contributed by atoms with Crippen LogP contribution in [0.5, 0.6) is 0 Å². The third-order valence-electron chi connectivity index (χ3n) is 3.11. The van der Waals surface area contributed by atoms with E-state index in [1.807, 2.05) is 30.3 Å². The second kappa shape index (κ2) is 5.72. The standard InChI is InChI=1S/C16H9Cl2N3O/c17-10-5-9(6-11(18)7-10)15(22)12(8-19)16-20-13-3-1-2-4-14(13)21-16/h1-7,22H,(H,20,21). The maximum Gasteiger partial charge on any atom is 0.153 e. The summed E-state index contributed by atoms with van der Waals surface area (Å²) in [5, 5.41) is 20.5. The number of aromatic nitrogens is 2. The number of aliphatic hydroxyl groups is 1. The molecule has 3 aromatic rings. The molecular formula is C16H9Cl2N3O. The Kier molecular flexibility index (Phi) is 3.76. The third kappa shape index (κ3) is 2.64. The average molecular weight is 330 g/mol. The molecule has 0 aliphatic heterocycles. The Bertz CT molecular complexity index is 885. The number of para-hydroxylation sites is 2. The van der Waals surface area contributed by atoms with Crippen molar-refractivity contribution in [1.29, 1.82) is 5.26 Å². The quantitative estimate of drug-likeness (QED) is 0.523. The van der Waals surface area contributed by atoms with Gasteiger partial charge in [-0.3, -0.25) is 0 Å². The van der Waals surface area contributed by atoms with E-state index in [-0.39, 0.29) is 17.2 Å². The molecule has 0 fully saturated rings. The first-order valence-electron chi connectivity index (χ1n) is 6.33. The van der Waals surface area contributed by atoms with Crippen LogP contribution in [0.3, 0.4) is 0 Å². The minimum Gasteiger partial charge on any atom is -0.506 e. The minimum absolute atomic E-state index is 0.0227. The summed E-state index contributed by atoms with van der Waals surface area (Å²) in [4.78, 5) is 7.32. The number of nitrogens with one attached hydrogen (secondary N) is 1. The molecule has 0 aliphatic rings. The summed E-state index contributed by atoms with van der Waals surface area (Å²) in [6.45, 7) is 0. The lowest BCUT2D eigenvalue weighted by molar-refractivity contribution is 0.514. The Hall–Kier alpha value is -2.48. The van der Waals surface area contributed by atoms with Crippen LogP contribution in [0.1, 0.15) is 11.4 Å². The molecule has 0 radical (unpaired) electrons. The summed E-state index contributed by atoms with van der Waals surface area (Å²) >= 11 is 11.9. The zero-order valence-corrected chi connectivity index (χ0v) is 12.7. The lowest BCUT2D eigenvalue weighted by Crippen LogP contribution is -1.92. The largest absolute Gasteiger partial charge is 0.506 e. The van der Waals surface area contributed by atoms with Gasteiger partial charge in [-0.1, -0.05) is 35.3 Å². The number of aromatic amines is 1. The number of benzene rings is 2. The van der Waals surface area contributed by atoms with Gasteiger partial charge in [0.2, 0.25) is 0 Å². The van der Waals surface area contributed by atoms with Crippen LogP contribution >= 0.6 is 23.2 Å². The number of rotatable bonds is 2. The molecule has 0 saturated carbocycles. The van der Waals surface area contributed by atoms with Crippen molar-refractivity contribution < 1.29 is 5.11 Å². The molecule has 0 aliphatic carbocycles. The van der Waals surface area contributed by atoms with Crippen LogP contribution in [0.15, 0.2) is 42.5 Å². The lowest BCUT2D eigenvalue weighted by atomic mass is 10.1. The van der Waals surface area contributed by atoms with Gasteiger partial charge in [0, 0.05) is 15.6 Å². The average Bonchev–Trinajstić information content (AvgIpc) is 2.90. The Morgan fingerprint density at radius 2 is 1.82 bits per heavy atom. The predicted octanol–water partition coefficient (Wildman–Crippen LogP) is 4.82. The number of aliphatic hydroxyl groups excluding tert-OH is 1. The van der Waals surface area contributed by atoms with Crippen molar-refractivity contribution in [2.24, 2.45) is 0 Å². The molecular weight excluding hydrogens is 321 g/mol. The topological polar surface area (TPSA) is 72.7 Å². The van der Waals surface area contributed by atoms with E-state index < -0.39 is 0 Å². The van der Waals surface area contributed by atoms with E-state index in [9.17, 15) is 10.4 Å². The summed E-state index contributed by atoms with van der Waals surface area (Å²) in [6.07, 6.45) is 0. The predicted molar refractivity (Wildman–Crippen MR) is 87.6 cm³/mol. The summed E-state index contributed by atoms with van der Waals surface area (Å²) in [5.74, 6) is 0.0586. The molecule has 0 bridgehead atoms. The molecule has 6 heteroatoms. The Morgan fingerprint density at radius 3 is 2.45 bits per heavy atom. The molecule has 1 aromatic heterocycles. The van der Waals surface area contributed by atoms with Gasteiger partial charge in [0.25, 0.3) is 0 Å². The van der Waals surface area contributed by atoms with E-state index in [0.717, 1.165) is 5.52 Å². The van der Waals surface area contributed by atoms with Crippen LogP contribution in [0.4, 0.5) is 0 Å². The fourth-order valence-corrected chi connectivity index (χ4v) is 2.65. The fraction of sp³-hybridized carbons (Fsp3) is 0. The van der Waals surface area contributed by atoms with Gasteiger partial charge in [0.15, 0.2) is 5.82 Å². The fourth-order valence-electron chi connectivity index (χ4n) is 2.12. The Morgan fingerprint density at radius 1 is 1.14 bits per heavy atom. The van der Waals surface area contributed by atoms with E-state index in [2.05, 4.69) is 9.97 Å². The van der Waals surface area contributed by atoms with Crippen molar-refractivity contribution in [3.05, 3.63) is 63.9 Å².